The van der Waals surface area contributed by atoms with E-state index in [1.54, 1.807) is 0 Å². The summed E-state index contributed by atoms with van der Waals surface area (Å²) in [4.78, 5) is 0. The summed E-state index contributed by atoms with van der Waals surface area (Å²) in [6.45, 7) is 19.6. The Bertz CT molecular complexity index is 350. The monoisotopic (exact) mass is 284 g/mol. The van der Waals surface area contributed by atoms with Crippen LogP contribution in [-0.4, -0.2) is 26.1 Å². The van der Waals surface area contributed by atoms with Crippen LogP contribution in [-0.2, 0) is 4.43 Å². The van der Waals surface area contributed by atoms with E-state index in [9.17, 15) is 5.11 Å². The first kappa shape index (κ1) is 18.7. The van der Waals surface area contributed by atoms with Gasteiger partial charge in [-0.15, -0.1) is 5.73 Å². The van der Waals surface area contributed by atoms with Crippen LogP contribution in [0, 0.1) is 5.41 Å². The van der Waals surface area contributed by atoms with E-state index in [4.69, 9.17) is 4.43 Å². The average molecular weight is 285 g/mol. The standard InChI is InChI=1S/C16H32O2Si/c1-13(10-11-15(2,3)4)14(17)12-18-19(8,9)16(5,6)7/h11,14,17H,12H2,1-9H3/t10?,14-/m1/s1. The van der Waals surface area contributed by atoms with Crippen LogP contribution in [0.5, 0.6) is 0 Å². The van der Waals surface area contributed by atoms with E-state index in [1.807, 2.05) is 13.0 Å². The molecular formula is C16H32O2Si. The second-order valence-electron chi connectivity index (χ2n) is 7.92. The molecule has 19 heavy (non-hydrogen) atoms. The fourth-order valence-corrected chi connectivity index (χ4v) is 2.06. The number of hydrogen-bond acceptors (Lipinski definition) is 2. The highest BCUT2D eigenvalue weighted by Gasteiger charge is 2.37. The van der Waals surface area contributed by atoms with Gasteiger partial charge in [-0.05, 0) is 42.1 Å². The fourth-order valence-electron chi connectivity index (χ4n) is 1.06. The van der Waals surface area contributed by atoms with Gasteiger partial charge >= 0.3 is 0 Å². The molecule has 0 fully saturated rings. The molecule has 3 heteroatoms. The van der Waals surface area contributed by atoms with Gasteiger partial charge in [-0.3, -0.25) is 0 Å². The third-order valence-corrected chi connectivity index (χ3v) is 8.14. The molecule has 1 atom stereocenters. The lowest BCUT2D eigenvalue weighted by Crippen LogP contribution is -2.42. The van der Waals surface area contributed by atoms with Crippen LogP contribution < -0.4 is 0 Å². The molecule has 0 aromatic heterocycles. The third kappa shape index (κ3) is 7.12. The molecule has 0 aromatic rings. The third-order valence-electron chi connectivity index (χ3n) is 3.64. The average Bonchev–Trinajstić information content (AvgIpc) is 2.19. The lowest BCUT2D eigenvalue weighted by atomic mass is 9.96. The summed E-state index contributed by atoms with van der Waals surface area (Å²) < 4.78 is 6.02. The summed E-state index contributed by atoms with van der Waals surface area (Å²) in [5, 5.41) is 10.3. The fraction of sp³-hybridized carbons (Fsp3) is 0.812. The van der Waals surface area contributed by atoms with E-state index in [2.05, 4.69) is 60.4 Å². The van der Waals surface area contributed by atoms with Crippen molar-refractivity contribution in [1.29, 1.82) is 0 Å². The molecule has 0 aliphatic carbocycles. The number of aliphatic hydroxyl groups is 1. The minimum absolute atomic E-state index is 0.0846. The summed E-state index contributed by atoms with van der Waals surface area (Å²) in [5.74, 6) is 0. The Kier molecular flexibility index (Phi) is 6.29. The maximum atomic E-state index is 10.1. The van der Waals surface area contributed by atoms with Gasteiger partial charge < -0.3 is 9.53 Å². The van der Waals surface area contributed by atoms with Gasteiger partial charge in [0, 0.05) is 0 Å². The first-order chi connectivity index (χ1) is 8.26. The normalized spacial score (nSPS) is 14.8. The lowest BCUT2D eigenvalue weighted by Gasteiger charge is -2.36. The molecule has 0 aliphatic rings. The number of rotatable bonds is 4. The van der Waals surface area contributed by atoms with Crippen LogP contribution in [0.1, 0.15) is 48.5 Å². The van der Waals surface area contributed by atoms with Gasteiger partial charge in [0.05, 0.1) is 6.61 Å². The van der Waals surface area contributed by atoms with Crippen molar-refractivity contribution < 1.29 is 9.53 Å². The van der Waals surface area contributed by atoms with Crippen molar-refractivity contribution in [3.05, 3.63) is 17.4 Å². The molecule has 2 nitrogen and oxygen atoms in total. The highest BCUT2D eigenvalue weighted by molar-refractivity contribution is 6.74. The molecule has 0 radical (unpaired) electrons. The topological polar surface area (TPSA) is 29.5 Å². The second-order valence-corrected chi connectivity index (χ2v) is 12.7. The smallest absolute Gasteiger partial charge is 0.192 e. The predicted molar refractivity (Wildman–Crippen MR) is 85.9 cm³/mol. The van der Waals surface area contributed by atoms with Gasteiger partial charge in [-0.1, -0.05) is 41.5 Å². The zero-order valence-corrected chi connectivity index (χ0v) is 15.2. The van der Waals surface area contributed by atoms with Crippen molar-refractivity contribution in [2.45, 2.75) is 72.7 Å². The molecule has 0 rings (SSSR count). The van der Waals surface area contributed by atoms with Gasteiger partial charge in [-0.25, -0.2) is 0 Å². The van der Waals surface area contributed by atoms with Gasteiger partial charge in [-0.2, -0.15) is 0 Å². The van der Waals surface area contributed by atoms with Gasteiger partial charge in [0.25, 0.3) is 0 Å². The van der Waals surface area contributed by atoms with Crippen LogP contribution >= 0.6 is 0 Å². The molecule has 0 amide bonds. The Balaban J connectivity index is 4.65. The number of aliphatic hydroxyl groups excluding tert-OH is 1. The van der Waals surface area contributed by atoms with Crippen molar-refractivity contribution >= 4 is 8.32 Å². The largest absolute Gasteiger partial charge is 0.414 e. The molecule has 0 heterocycles. The van der Waals surface area contributed by atoms with Crippen LogP contribution in [0.3, 0.4) is 0 Å². The van der Waals surface area contributed by atoms with Gasteiger partial charge in [0.2, 0.25) is 0 Å². The highest BCUT2D eigenvalue weighted by Crippen LogP contribution is 2.36. The molecule has 1 N–H and O–H groups in total. The van der Waals surface area contributed by atoms with E-state index in [1.165, 1.54) is 0 Å². The molecule has 0 unspecified atom stereocenters. The van der Waals surface area contributed by atoms with Crippen LogP contribution in [0.2, 0.25) is 18.1 Å². The summed E-state index contributed by atoms with van der Waals surface area (Å²) >= 11 is 0. The molecule has 0 aromatic carbocycles. The minimum Gasteiger partial charge on any atom is -0.414 e. The van der Waals surface area contributed by atoms with E-state index in [0.29, 0.717) is 6.61 Å². The van der Waals surface area contributed by atoms with Crippen LogP contribution in [0.15, 0.2) is 17.4 Å². The molecular weight excluding hydrogens is 252 g/mol. The van der Waals surface area contributed by atoms with Crippen molar-refractivity contribution in [3.8, 4) is 0 Å². The summed E-state index contributed by atoms with van der Waals surface area (Å²) in [6, 6.07) is 0. The van der Waals surface area contributed by atoms with Gasteiger partial charge in [0.1, 0.15) is 6.10 Å². The van der Waals surface area contributed by atoms with E-state index in [0.717, 1.165) is 5.57 Å². The Morgan fingerprint density at radius 1 is 1.21 bits per heavy atom. The zero-order chi connectivity index (χ0) is 15.5. The summed E-state index contributed by atoms with van der Waals surface area (Å²) in [5.41, 5.74) is 4.10. The van der Waals surface area contributed by atoms with E-state index >= 15 is 0 Å². The minimum atomic E-state index is -1.78. The Hall–Kier alpha value is -0.343. The Morgan fingerprint density at radius 2 is 1.68 bits per heavy atom. The summed E-state index contributed by atoms with van der Waals surface area (Å²) in [6.07, 6.45) is 1.44. The number of hydrogen-bond donors (Lipinski definition) is 1. The Morgan fingerprint density at radius 3 is 2.05 bits per heavy atom. The maximum absolute atomic E-state index is 10.1. The molecule has 0 saturated carbocycles. The highest BCUT2D eigenvalue weighted by atomic mass is 28.4. The van der Waals surface area contributed by atoms with Crippen molar-refractivity contribution in [2.75, 3.05) is 6.61 Å². The van der Waals surface area contributed by atoms with Crippen molar-refractivity contribution in [1.82, 2.24) is 0 Å². The van der Waals surface area contributed by atoms with Crippen molar-refractivity contribution in [3.63, 3.8) is 0 Å². The van der Waals surface area contributed by atoms with Gasteiger partial charge in [0.15, 0.2) is 8.32 Å². The molecule has 0 saturated heterocycles. The first-order valence-corrected chi connectivity index (χ1v) is 9.93. The van der Waals surface area contributed by atoms with E-state index in [-0.39, 0.29) is 10.5 Å². The second kappa shape index (κ2) is 6.40. The molecule has 112 valence electrons. The zero-order valence-electron chi connectivity index (χ0n) is 14.2. The molecule has 0 bridgehead atoms. The quantitative estimate of drug-likeness (QED) is 0.607. The van der Waals surface area contributed by atoms with Crippen LogP contribution in [0.25, 0.3) is 0 Å². The van der Waals surface area contributed by atoms with Crippen molar-refractivity contribution in [2.24, 2.45) is 5.41 Å². The summed E-state index contributed by atoms with van der Waals surface area (Å²) in [7, 11) is -1.78. The molecule has 0 aliphatic heterocycles. The Labute approximate surface area is 120 Å². The first-order valence-electron chi connectivity index (χ1n) is 7.03. The SMILES string of the molecule is CC(=C=CC(C)(C)C)[C@H](O)CO[Si](C)(C)C(C)(C)C. The van der Waals surface area contributed by atoms with E-state index < -0.39 is 14.4 Å². The maximum Gasteiger partial charge on any atom is 0.192 e. The molecule has 0 spiro atoms. The van der Waals surface area contributed by atoms with Crippen LogP contribution in [0.4, 0.5) is 0 Å². The lowest BCUT2D eigenvalue weighted by molar-refractivity contribution is 0.127. The predicted octanol–water partition coefficient (Wildman–Crippen LogP) is 4.52.